The fraction of sp³-hybridized carbons (Fsp3) is 0.765. The van der Waals surface area contributed by atoms with Gasteiger partial charge in [-0.05, 0) is 59.0 Å². The van der Waals surface area contributed by atoms with Gasteiger partial charge < -0.3 is 32.1 Å². The second kappa shape index (κ2) is 11.5. The molecule has 0 saturated carbocycles. The first kappa shape index (κ1) is 22.8. The van der Waals surface area contributed by atoms with Crippen molar-refractivity contribution >= 4 is 23.7 Å². The summed E-state index contributed by atoms with van der Waals surface area (Å²) in [6.45, 7) is 4.21. The lowest BCUT2D eigenvalue weighted by molar-refractivity contribution is -0.142. The molecule has 1 aliphatic heterocycles. The van der Waals surface area contributed by atoms with E-state index in [1.807, 2.05) is 0 Å². The maximum absolute atomic E-state index is 12.2. The van der Waals surface area contributed by atoms with Gasteiger partial charge in [0.15, 0.2) is 0 Å². The van der Waals surface area contributed by atoms with Gasteiger partial charge in [-0.2, -0.15) is 0 Å². The predicted octanol–water partition coefficient (Wildman–Crippen LogP) is -1.55. The van der Waals surface area contributed by atoms with Crippen LogP contribution in [-0.2, 0) is 19.2 Å². The van der Waals surface area contributed by atoms with E-state index in [-0.39, 0.29) is 18.4 Å². The topological polar surface area (TPSA) is 163 Å². The molecule has 1 fully saturated rings. The van der Waals surface area contributed by atoms with E-state index in [9.17, 15) is 24.3 Å². The first-order chi connectivity index (χ1) is 12.8. The molecule has 0 radical (unpaired) electrons. The van der Waals surface area contributed by atoms with Gasteiger partial charge in [0.2, 0.25) is 17.7 Å². The molecule has 7 N–H and O–H groups in total. The second-order valence-electron chi connectivity index (χ2n) is 6.79. The highest BCUT2D eigenvalue weighted by atomic mass is 16.4. The Kier molecular flexibility index (Phi) is 9.73. The number of carboxylic acid groups (broad SMARTS) is 1. The summed E-state index contributed by atoms with van der Waals surface area (Å²) < 4.78 is 0. The van der Waals surface area contributed by atoms with Crippen LogP contribution in [0.2, 0.25) is 0 Å². The number of nitrogens with two attached hydrogens (primary N) is 1. The molecule has 10 heteroatoms. The van der Waals surface area contributed by atoms with Crippen LogP contribution in [0.25, 0.3) is 0 Å². The molecule has 0 aromatic heterocycles. The lowest BCUT2D eigenvalue weighted by atomic mass is 10.1. The first-order valence-corrected chi connectivity index (χ1v) is 9.33. The van der Waals surface area contributed by atoms with Crippen molar-refractivity contribution in [2.45, 2.75) is 70.1 Å². The Morgan fingerprint density at radius 1 is 1.07 bits per heavy atom. The molecule has 0 aromatic rings. The van der Waals surface area contributed by atoms with E-state index in [1.165, 1.54) is 13.8 Å². The summed E-state index contributed by atoms with van der Waals surface area (Å²) in [5, 5.41) is 19.7. The monoisotopic (exact) mass is 385 g/mol. The van der Waals surface area contributed by atoms with Crippen molar-refractivity contribution in [3.8, 4) is 0 Å². The second-order valence-corrected chi connectivity index (χ2v) is 6.79. The Labute approximate surface area is 159 Å². The average Bonchev–Trinajstić information content (AvgIpc) is 3.15. The number of unbranched alkanes of at least 4 members (excludes halogenated alkanes) is 1. The maximum Gasteiger partial charge on any atom is 0.326 e. The summed E-state index contributed by atoms with van der Waals surface area (Å²) in [6.07, 6.45) is 3.14. The number of rotatable bonds is 11. The van der Waals surface area contributed by atoms with Gasteiger partial charge in [-0.3, -0.25) is 14.4 Å². The third-order valence-electron chi connectivity index (χ3n) is 4.44. The number of carbonyl (C=O) groups is 4. The third-order valence-corrected chi connectivity index (χ3v) is 4.44. The summed E-state index contributed by atoms with van der Waals surface area (Å²) in [4.78, 5) is 47.6. The minimum Gasteiger partial charge on any atom is -0.480 e. The van der Waals surface area contributed by atoms with Crippen LogP contribution in [0, 0.1) is 0 Å². The van der Waals surface area contributed by atoms with E-state index in [0.29, 0.717) is 19.4 Å². The lowest BCUT2D eigenvalue weighted by Gasteiger charge is -2.21. The molecule has 1 saturated heterocycles. The van der Waals surface area contributed by atoms with Crippen LogP contribution < -0.4 is 27.0 Å². The zero-order chi connectivity index (χ0) is 20.4. The Balaban J connectivity index is 2.45. The van der Waals surface area contributed by atoms with E-state index in [0.717, 1.165) is 19.4 Å². The molecule has 1 rings (SSSR count). The zero-order valence-corrected chi connectivity index (χ0v) is 15.9. The number of hydrogen-bond acceptors (Lipinski definition) is 6. The van der Waals surface area contributed by atoms with E-state index in [2.05, 4.69) is 21.3 Å². The Hall–Kier alpha value is -2.20. The number of amides is 3. The van der Waals surface area contributed by atoms with Crippen molar-refractivity contribution in [3.63, 3.8) is 0 Å². The van der Waals surface area contributed by atoms with Gasteiger partial charge in [-0.1, -0.05) is 0 Å². The van der Waals surface area contributed by atoms with E-state index >= 15 is 0 Å². The standard InChI is InChI=1S/C17H31N5O5/c1-10(21-16(25)12-7-5-9-19-12)14(23)20-11(2)15(24)22-13(17(26)27)6-3-4-8-18/h10-13,19H,3-9,18H2,1-2H3,(H,20,23)(H,21,25)(H,22,24)(H,26,27). The summed E-state index contributed by atoms with van der Waals surface area (Å²) in [7, 11) is 0. The highest BCUT2D eigenvalue weighted by Crippen LogP contribution is 2.05. The van der Waals surface area contributed by atoms with Crippen molar-refractivity contribution in [2.75, 3.05) is 13.1 Å². The molecule has 0 aromatic carbocycles. The molecule has 0 bridgehead atoms. The van der Waals surface area contributed by atoms with Crippen LogP contribution in [0.1, 0.15) is 46.0 Å². The SMILES string of the molecule is CC(NC(=O)C(C)NC(=O)C1CCCN1)C(=O)NC(CCCCN)C(=O)O. The minimum absolute atomic E-state index is 0.252. The van der Waals surface area contributed by atoms with Crippen molar-refractivity contribution in [3.05, 3.63) is 0 Å². The van der Waals surface area contributed by atoms with E-state index < -0.39 is 35.9 Å². The van der Waals surface area contributed by atoms with Crippen molar-refractivity contribution in [2.24, 2.45) is 5.73 Å². The number of aliphatic carboxylic acids is 1. The first-order valence-electron chi connectivity index (χ1n) is 9.33. The van der Waals surface area contributed by atoms with Crippen LogP contribution in [0.15, 0.2) is 0 Å². The number of hydrogen-bond donors (Lipinski definition) is 6. The van der Waals surface area contributed by atoms with Crippen LogP contribution >= 0.6 is 0 Å². The highest BCUT2D eigenvalue weighted by molar-refractivity contribution is 5.93. The molecule has 1 aliphatic rings. The summed E-state index contributed by atoms with van der Waals surface area (Å²) in [5.41, 5.74) is 5.38. The molecule has 1 heterocycles. The Bertz CT molecular complexity index is 536. The summed E-state index contributed by atoms with van der Waals surface area (Å²) >= 11 is 0. The minimum atomic E-state index is -1.14. The summed E-state index contributed by atoms with van der Waals surface area (Å²) in [6, 6.07) is -3.08. The average molecular weight is 385 g/mol. The fourth-order valence-electron chi connectivity index (χ4n) is 2.74. The summed E-state index contributed by atoms with van der Waals surface area (Å²) in [5.74, 6) is -2.50. The Morgan fingerprint density at radius 3 is 2.26 bits per heavy atom. The van der Waals surface area contributed by atoms with Gasteiger partial charge in [-0.25, -0.2) is 4.79 Å². The zero-order valence-electron chi connectivity index (χ0n) is 15.9. The molecule has 0 spiro atoms. The third kappa shape index (κ3) is 7.92. The van der Waals surface area contributed by atoms with Gasteiger partial charge in [0.25, 0.3) is 0 Å². The van der Waals surface area contributed by atoms with Gasteiger partial charge in [-0.15, -0.1) is 0 Å². The van der Waals surface area contributed by atoms with Gasteiger partial charge in [0, 0.05) is 0 Å². The van der Waals surface area contributed by atoms with Gasteiger partial charge >= 0.3 is 5.97 Å². The van der Waals surface area contributed by atoms with E-state index in [4.69, 9.17) is 5.73 Å². The molecular formula is C17H31N5O5. The molecule has 0 aliphatic carbocycles. The normalized spacial score (nSPS) is 19.6. The molecule has 10 nitrogen and oxygen atoms in total. The lowest BCUT2D eigenvalue weighted by Crippen LogP contribution is -2.55. The Morgan fingerprint density at radius 2 is 1.70 bits per heavy atom. The molecule has 4 unspecified atom stereocenters. The number of carbonyl (C=O) groups excluding carboxylic acids is 3. The van der Waals surface area contributed by atoms with Crippen molar-refractivity contribution in [1.29, 1.82) is 0 Å². The van der Waals surface area contributed by atoms with E-state index in [1.54, 1.807) is 0 Å². The fourth-order valence-corrected chi connectivity index (χ4v) is 2.74. The van der Waals surface area contributed by atoms with Gasteiger partial charge in [0.05, 0.1) is 6.04 Å². The smallest absolute Gasteiger partial charge is 0.326 e. The predicted molar refractivity (Wildman–Crippen MR) is 98.7 cm³/mol. The molecular weight excluding hydrogens is 354 g/mol. The number of carboxylic acids is 1. The number of nitrogens with one attached hydrogen (secondary N) is 4. The highest BCUT2D eigenvalue weighted by Gasteiger charge is 2.27. The van der Waals surface area contributed by atoms with Crippen molar-refractivity contribution in [1.82, 2.24) is 21.3 Å². The van der Waals surface area contributed by atoms with Crippen LogP contribution in [0.3, 0.4) is 0 Å². The molecule has 4 atom stereocenters. The maximum atomic E-state index is 12.2. The molecule has 154 valence electrons. The van der Waals surface area contributed by atoms with Crippen LogP contribution in [-0.4, -0.2) is 66.1 Å². The van der Waals surface area contributed by atoms with Crippen molar-refractivity contribution < 1.29 is 24.3 Å². The quantitative estimate of drug-likeness (QED) is 0.234. The molecule has 27 heavy (non-hydrogen) atoms. The largest absolute Gasteiger partial charge is 0.480 e. The van der Waals surface area contributed by atoms with Crippen LogP contribution in [0.5, 0.6) is 0 Å². The molecule has 3 amide bonds. The van der Waals surface area contributed by atoms with Crippen LogP contribution in [0.4, 0.5) is 0 Å². The van der Waals surface area contributed by atoms with Gasteiger partial charge in [0.1, 0.15) is 18.1 Å².